The van der Waals surface area contributed by atoms with Crippen LogP contribution in [0.25, 0.3) is 0 Å². The monoisotopic (exact) mass is 341 g/mol. The van der Waals surface area contributed by atoms with Crippen LogP contribution >= 0.6 is 0 Å². The Bertz CT molecular complexity index is 602. The maximum Gasteiger partial charge on any atom is 0.225 e. The molecule has 4 nitrogen and oxygen atoms in total. The van der Waals surface area contributed by atoms with Crippen LogP contribution in [0, 0.1) is 17.8 Å². The number of nitrogens with two attached hydrogens (primary N) is 1. The minimum Gasteiger partial charge on any atom is -0.353 e. The third-order valence-corrected chi connectivity index (χ3v) is 6.87. The molecule has 25 heavy (non-hydrogen) atoms. The smallest absolute Gasteiger partial charge is 0.225 e. The number of rotatable bonds is 4. The number of nitrogens with one attached hydrogen (secondary N) is 1. The van der Waals surface area contributed by atoms with E-state index in [1.54, 1.807) is 0 Å². The highest BCUT2D eigenvalue weighted by Crippen LogP contribution is 2.47. The average Bonchev–Trinajstić information content (AvgIpc) is 3.19. The zero-order valence-electron chi connectivity index (χ0n) is 15.2. The second-order valence-electron chi connectivity index (χ2n) is 8.47. The fourth-order valence-corrected chi connectivity index (χ4v) is 5.43. The Morgan fingerprint density at radius 2 is 1.92 bits per heavy atom. The highest BCUT2D eigenvalue weighted by molar-refractivity contribution is 5.80. The number of piperidine rings is 1. The molecule has 6 atom stereocenters. The van der Waals surface area contributed by atoms with Gasteiger partial charge < -0.3 is 11.1 Å². The summed E-state index contributed by atoms with van der Waals surface area (Å²) in [7, 11) is 0. The average molecular weight is 341 g/mol. The molecule has 0 spiro atoms. The highest BCUT2D eigenvalue weighted by atomic mass is 16.2. The molecule has 136 valence electrons. The largest absolute Gasteiger partial charge is 0.353 e. The van der Waals surface area contributed by atoms with E-state index in [0.717, 1.165) is 25.9 Å². The Labute approximate surface area is 151 Å². The molecule has 0 radical (unpaired) electrons. The lowest BCUT2D eigenvalue weighted by molar-refractivity contribution is -0.128. The number of hydrogen-bond acceptors (Lipinski definition) is 3. The van der Waals surface area contributed by atoms with Crippen LogP contribution in [-0.2, 0) is 11.3 Å². The summed E-state index contributed by atoms with van der Waals surface area (Å²) in [6.07, 6.45) is 5.67. The van der Waals surface area contributed by atoms with Gasteiger partial charge in [0.05, 0.1) is 5.92 Å². The molecule has 4 heteroatoms. The van der Waals surface area contributed by atoms with Crippen molar-refractivity contribution in [3.63, 3.8) is 0 Å². The van der Waals surface area contributed by atoms with Crippen molar-refractivity contribution in [2.75, 3.05) is 6.54 Å². The molecule has 1 aromatic carbocycles. The Balaban J connectivity index is 1.30. The quantitative estimate of drug-likeness (QED) is 0.885. The van der Waals surface area contributed by atoms with Crippen molar-refractivity contribution < 1.29 is 4.79 Å². The first-order valence-corrected chi connectivity index (χ1v) is 9.95. The van der Waals surface area contributed by atoms with E-state index < -0.39 is 0 Å². The molecular weight excluding hydrogens is 310 g/mol. The molecular formula is C21H31N3O. The van der Waals surface area contributed by atoms with Gasteiger partial charge in [0.1, 0.15) is 0 Å². The summed E-state index contributed by atoms with van der Waals surface area (Å²) in [5.74, 6) is 1.42. The van der Waals surface area contributed by atoms with Crippen LogP contribution < -0.4 is 11.1 Å². The second kappa shape index (κ2) is 7.08. The molecule has 1 amide bonds. The molecule has 3 N–H and O–H groups in total. The van der Waals surface area contributed by atoms with Crippen LogP contribution in [0.1, 0.15) is 44.6 Å². The van der Waals surface area contributed by atoms with Gasteiger partial charge in [-0.2, -0.15) is 0 Å². The van der Waals surface area contributed by atoms with E-state index in [1.165, 1.54) is 24.8 Å². The minimum atomic E-state index is 0.0661. The van der Waals surface area contributed by atoms with Gasteiger partial charge in [-0.3, -0.25) is 9.69 Å². The number of likely N-dealkylation sites (tertiary alicyclic amines) is 1. The molecule has 4 rings (SSSR count). The molecule has 1 heterocycles. The Hall–Kier alpha value is -1.39. The first-order valence-electron chi connectivity index (χ1n) is 9.95. The van der Waals surface area contributed by atoms with Crippen molar-refractivity contribution in [2.24, 2.45) is 23.5 Å². The fraction of sp³-hybridized carbons (Fsp3) is 0.667. The van der Waals surface area contributed by atoms with Gasteiger partial charge in [0.2, 0.25) is 5.91 Å². The highest BCUT2D eigenvalue weighted by Gasteiger charge is 2.49. The van der Waals surface area contributed by atoms with Crippen molar-refractivity contribution in [1.29, 1.82) is 0 Å². The zero-order chi connectivity index (χ0) is 17.4. The first kappa shape index (κ1) is 17.0. The SMILES string of the molecule is CC1CC(NC(=O)C2C3CCC(C3)C2N)CCN1Cc1ccccc1. The van der Waals surface area contributed by atoms with E-state index in [2.05, 4.69) is 47.5 Å². The molecule has 2 saturated carbocycles. The van der Waals surface area contributed by atoms with Crippen LogP contribution in [0.2, 0.25) is 0 Å². The van der Waals surface area contributed by atoms with Crippen molar-refractivity contribution in [3.8, 4) is 0 Å². The maximum atomic E-state index is 12.8. The van der Waals surface area contributed by atoms with Crippen LogP contribution in [0.4, 0.5) is 0 Å². The van der Waals surface area contributed by atoms with Crippen molar-refractivity contribution in [3.05, 3.63) is 35.9 Å². The number of fused-ring (bicyclic) bond motifs is 2. The summed E-state index contributed by atoms with van der Waals surface area (Å²) in [5, 5.41) is 3.35. The predicted octanol–water partition coefficient (Wildman–Crippen LogP) is 2.53. The summed E-state index contributed by atoms with van der Waals surface area (Å²) in [6.45, 7) is 4.33. The summed E-state index contributed by atoms with van der Waals surface area (Å²) in [6, 6.07) is 11.5. The molecule has 3 fully saturated rings. The van der Waals surface area contributed by atoms with E-state index >= 15 is 0 Å². The Kier molecular flexibility index (Phi) is 4.83. The molecule has 2 bridgehead atoms. The number of hydrogen-bond donors (Lipinski definition) is 2. The van der Waals surface area contributed by atoms with Gasteiger partial charge in [-0.15, -0.1) is 0 Å². The van der Waals surface area contributed by atoms with E-state index in [1.807, 2.05) is 0 Å². The summed E-state index contributed by atoms with van der Waals surface area (Å²) >= 11 is 0. The van der Waals surface area contributed by atoms with Crippen molar-refractivity contribution in [2.45, 2.75) is 63.7 Å². The van der Waals surface area contributed by atoms with Gasteiger partial charge in [-0.25, -0.2) is 0 Å². The van der Waals surface area contributed by atoms with Gasteiger partial charge in [0.25, 0.3) is 0 Å². The standard InChI is InChI=1S/C21H31N3O/c1-14-11-18(9-10-24(14)13-15-5-3-2-4-6-15)23-21(25)19-16-7-8-17(12-16)20(19)22/h2-6,14,16-20H,7-13,22H2,1H3,(H,23,25). The van der Waals surface area contributed by atoms with Crippen LogP contribution in [0.5, 0.6) is 0 Å². The van der Waals surface area contributed by atoms with Crippen LogP contribution in [-0.4, -0.2) is 35.5 Å². The molecule has 0 aromatic heterocycles. The molecule has 6 unspecified atom stereocenters. The third-order valence-electron chi connectivity index (χ3n) is 6.87. The maximum absolute atomic E-state index is 12.8. The van der Waals surface area contributed by atoms with E-state index in [4.69, 9.17) is 5.73 Å². The van der Waals surface area contributed by atoms with E-state index in [9.17, 15) is 4.79 Å². The topological polar surface area (TPSA) is 58.4 Å². The third kappa shape index (κ3) is 3.47. The summed E-state index contributed by atoms with van der Waals surface area (Å²) in [5.41, 5.74) is 7.70. The number of carbonyl (C=O) groups is 1. The number of amides is 1. The van der Waals surface area contributed by atoms with E-state index in [-0.39, 0.29) is 17.9 Å². The molecule has 1 aromatic rings. The molecule has 2 aliphatic carbocycles. The van der Waals surface area contributed by atoms with Crippen LogP contribution in [0.3, 0.4) is 0 Å². The van der Waals surface area contributed by atoms with Crippen molar-refractivity contribution in [1.82, 2.24) is 10.2 Å². The normalized spacial score (nSPS) is 38.0. The first-order chi connectivity index (χ1) is 12.1. The van der Waals surface area contributed by atoms with E-state index in [0.29, 0.717) is 23.9 Å². The van der Waals surface area contributed by atoms with Gasteiger partial charge in [-0.05, 0) is 56.4 Å². The lowest BCUT2D eigenvalue weighted by Gasteiger charge is -2.39. The number of carbonyl (C=O) groups excluding carboxylic acids is 1. The van der Waals surface area contributed by atoms with Gasteiger partial charge in [0, 0.05) is 31.2 Å². The lowest BCUT2D eigenvalue weighted by atomic mass is 9.84. The van der Waals surface area contributed by atoms with Crippen LogP contribution in [0.15, 0.2) is 30.3 Å². The van der Waals surface area contributed by atoms with Gasteiger partial charge in [0.15, 0.2) is 0 Å². The molecule has 3 aliphatic rings. The second-order valence-corrected chi connectivity index (χ2v) is 8.47. The number of nitrogens with zero attached hydrogens (tertiary/aromatic N) is 1. The number of benzene rings is 1. The Morgan fingerprint density at radius 3 is 2.60 bits per heavy atom. The molecule has 1 saturated heterocycles. The lowest BCUT2D eigenvalue weighted by Crippen LogP contribution is -2.52. The predicted molar refractivity (Wildman–Crippen MR) is 99.8 cm³/mol. The zero-order valence-corrected chi connectivity index (χ0v) is 15.2. The Morgan fingerprint density at radius 1 is 1.16 bits per heavy atom. The van der Waals surface area contributed by atoms with Gasteiger partial charge in [-0.1, -0.05) is 30.3 Å². The van der Waals surface area contributed by atoms with Gasteiger partial charge >= 0.3 is 0 Å². The van der Waals surface area contributed by atoms with Crippen molar-refractivity contribution >= 4 is 5.91 Å². The summed E-state index contributed by atoms with van der Waals surface area (Å²) < 4.78 is 0. The minimum absolute atomic E-state index is 0.0661. The fourth-order valence-electron chi connectivity index (χ4n) is 5.43. The molecule has 1 aliphatic heterocycles. The summed E-state index contributed by atoms with van der Waals surface area (Å²) in [4.78, 5) is 15.3.